The molecule has 1 N–H and O–H groups in total. The minimum atomic E-state index is 0.925. The third-order valence-corrected chi connectivity index (χ3v) is 4.46. The van der Waals surface area contributed by atoms with Crippen molar-refractivity contribution in [2.75, 3.05) is 25.0 Å². The summed E-state index contributed by atoms with van der Waals surface area (Å²) >= 11 is 3.58. The first-order valence-electron chi connectivity index (χ1n) is 7.39. The van der Waals surface area contributed by atoms with Gasteiger partial charge in [0.15, 0.2) is 0 Å². The summed E-state index contributed by atoms with van der Waals surface area (Å²) in [6, 6.07) is 17.1. The molecule has 2 aromatic carbocycles. The largest absolute Gasteiger partial charge is 0.375 e. The molecule has 0 atom stereocenters. The molecular weight excluding hydrogens is 324 g/mol. The smallest absolute Gasteiger partial charge is 0.0363 e. The summed E-state index contributed by atoms with van der Waals surface area (Å²) in [6.07, 6.45) is 1.14. The van der Waals surface area contributed by atoms with Crippen molar-refractivity contribution in [3.8, 4) is 0 Å². The lowest BCUT2D eigenvalue weighted by molar-refractivity contribution is 0.646. The van der Waals surface area contributed by atoms with Crippen LogP contribution in [-0.2, 0) is 6.54 Å². The molecule has 0 unspecified atom stereocenters. The van der Waals surface area contributed by atoms with Crippen molar-refractivity contribution in [1.29, 1.82) is 0 Å². The minimum absolute atomic E-state index is 0.925. The average Bonchev–Trinajstić information content (AvgIpc) is 2.51. The van der Waals surface area contributed by atoms with Crippen LogP contribution in [0.1, 0.15) is 17.5 Å². The Bertz CT molecular complexity index is 554. The second-order valence-corrected chi connectivity index (χ2v) is 6.23. The van der Waals surface area contributed by atoms with Gasteiger partial charge in [0.2, 0.25) is 0 Å². The van der Waals surface area contributed by atoms with E-state index in [4.69, 9.17) is 0 Å². The topological polar surface area (TPSA) is 15.3 Å². The van der Waals surface area contributed by atoms with Crippen molar-refractivity contribution in [2.24, 2.45) is 0 Å². The number of benzene rings is 2. The van der Waals surface area contributed by atoms with Crippen molar-refractivity contribution in [3.05, 3.63) is 64.1 Å². The van der Waals surface area contributed by atoms with E-state index < -0.39 is 0 Å². The second kappa shape index (κ2) is 8.20. The van der Waals surface area contributed by atoms with Crippen LogP contribution in [0, 0.1) is 6.92 Å². The fourth-order valence-electron chi connectivity index (χ4n) is 2.23. The van der Waals surface area contributed by atoms with Crippen LogP contribution in [0.15, 0.2) is 53.0 Å². The molecule has 0 heterocycles. The third-order valence-electron chi connectivity index (χ3n) is 3.61. The van der Waals surface area contributed by atoms with Crippen molar-refractivity contribution in [2.45, 2.75) is 19.9 Å². The zero-order valence-electron chi connectivity index (χ0n) is 12.8. The lowest BCUT2D eigenvalue weighted by atomic mass is 10.1. The van der Waals surface area contributed by atoms with Gasteiger partial charge in [0.05, 0.1) is 0 Å². The lowest BCUT2D eigenvalue weighted by Crippen LogP contribution is -2.23. The molecule has 0 aliphatic rings. The first-order valence-corrected chi connectivity index (χ1v) is 8.18. The van der Waals surface area contributed by atoms with Gasteiger partial charge >= 0.3 is 0 Å². The van der Waals surface area contributed by atoms with Gasteiger partial charge < -0.3 is 10.2 Å². The monoisotopic (exact) mass is 346 g/mol. The van der Waals surface area contributed by atoms with Crippen LogP contribution in [0.4, 0.5) is 5.69 Å². The molecule has 3 heteroatoms. The van der Waals surface area contributed by atoms with Crippen LogP contribution in [0.5, 0.6) is 0 Å². The first-order chi connectivity index (χ1) is 10.2. The van der Waals surface area contributed by atoms with Gasteiger partial charge in [0, 0.05) is 30.3 Å². The van der Waals surface area contributed by atoms with E-state index >= 15 is 0 Å². The van der Waals surface area contributed by atoms with Crippen LogP contribution >= 0.6 is 15.9 Å². The summed E-state index contributed by atoms with van der Waals surface area (Å²) in [5.74, 6) is 0. The van der Waals surface area contributed by atoms with Gasteiger partial charge in [-0.05, 0) is 49.2 Å². The van der Waals surface area contributed by atoms with Crippen LogP contribution in [-0.4, -0.2) is 20.1 Å². The molecule has 0 radical (unpaired) electrons. The Balaban J connectivity index is 1.67. The predicted molar refractivity (Wildman–Crippen MR) is 94.9 cm³/mol. The number of hydrogen-bond acceptors (Lipinski definition) is 2. The minimum Gasteiger partial charge on any atom is -0.375 e. The highest BCUT2D eigenvalue weighted by Gasteiger charge is 2.00. The maximum Gasteiger partial charge on any atom is 0.0363 e. The Kier molecular flexibility index (Phi) is 6.27. The molecule has 0 aliphatic carbocycles. The van der Waals surface area contributed by atoms with Crippen molar-refractivity contribution in [3.63, 3.8) is 0 Å². The van der Waals surface area contributed by atoms with Crippen molar-refractivity contribution in [1.82, 2.24) is 5.32 Å². The van der Waals surface area contributed by atoms with Crippen LogP contribution in [0.3, 0.4) is 0 Å². The van der Waals surface area contributed by atoms with Gasteiger partial charge in [-0.3, -0.25) is 0 Å². The number of rotatable bonds is 7. The molecule has 0 saturated heterocycles. The zero-order chi connectivity index (χ0) is 15.1. The van der Waals surface area contributed by atoms with Crippen molar-refractivity contribution < 1.29 is 0 Å². The summed E-state index contributed by atoms with van der Waals surface area (Å²) < 4.78 is 1.19. The summed E-state index contributed by atoms with van der Waals surface area (Å²) in [6.45, 7) is 5.13. The van der Waals surface area contributed by atoms with E-state index in [1.807, 2.05) is 0 Å². The zero-order valence-corrected chi connectivity index (χ0v) is 14.4. The Morgan fingerprint density at radius 1 is 1.10 bits per heavy atom. The van der Waals surface area contributed by atoms with Crippen LogP contribution < -0.4 is 10.2 Å². The van der Waals surface area contributed by atoms with Gasteiger partial charge in [-0.2, -0.15) is 0 Å². The molecule has 2 rings (SSSR count). The number of aryl methyl sites for hydroxylation is 1. The molecular formula is C18H23BrN2. The van der Waals surface area contributed by atoms with Crippen LogP contribution in [0.25, 0.3) is 0 Å². The number of nitrogens with one attached hydrogen (secondary N) is 1. The summed E-state index contributed by atoms with van der Waals surface area (Å²) in [7, 11) is 2.15. The summed E-state index contributed by atoms with van der Waals surface area (Å²) in [5, 5.41) is 3.51. The first kappa shape index (κ1) is 16.1. The van der Waals surface area contributed by atoms with E-state index in [0.717, 1.165) is 26.1 Å². The molecule has 112 valence electrons. The highest BCUT2D eigenvalue weighted by atomic mass is 79.9. The number of para-hydroxylation sites is 1. The highest BCUT2D eigenvalue weighted by Crippen LogP contribution is 2.17. The van der Waals surface area contributed by atoms with Crippen LogP contribution in [0.2, 0.25) is 0 Å². The maximum absolute atomic E-state index is 3.58. The Hall–Kier alpha value is -1.32. The van der Waals surface area contributed by atoms with E-state index in [2.05, 4.69) is 88.6 Å². The second-order valence-electron chi connectivity index (χ2n) is 5.37. The summed E-state index contributed by atoms with van der Waals surface area (Å²) in [5.41, 5.74) is 3.88. The van der Waals surface area contributed by atoms with Gasteiger partial charge in [0.25, 0.3) is 0 Å². The normalized spacial score (nSPS) is 10.6. The molecule has 0 aliphatic heterocycles. The maximum atomic E-state index is 3.58. The number of hydrogen-bond donors (Lipinski definition) is 1. The predicted octanol–water partition coefficient (Wildman–Crippen LogP) is 4.37. The van der Waals surface area contributed by atoms with Gasteiger partial charge in [0.1, 0.15) is 0 Å². The van der Waals surface area contributed by atoms with Gasteiger partial charge in [-0.25, -0.2) is 0 Å². The molecule has 0 spiro atoms. The number of halogens is 1. The van der Waals surface area contributed by atoms with E-state index in [1.165, 1.54) is 21.3 Å². The Morgan fingerprint density at radius 3 is 2.57 bits per heavy atom. The van der Waals surface area contributed by atoms with E-state index in [0.29, 0.717) is 0 Å². The molecule has 0 saturated carbocycles. The van der Waals surface area contributed by atoms with E-state index in [9.17, 15) is 0 Å². The van der Waals surface area contributed by atoms with Crippen molar-refractivity contribution >= 4 is 21.6 Å². The molecule has 2 nitrogen and oxygen atoms in total. The third kappa shape index (κ3) is 5.18. The molecule has 0 amide bonds. The fourth-order valence-corrected chi connectivity index (χ4v) is 2.66. The standard InChI is InChI=1S/C18H23BrN2/c1-15-9-10-16(13-18(15)19)14-20-11-6-12-21(2)17-7-4-3-5-8-17/h3-5,7-10,13,20H,6,11-12,14H2,1-2H3. The lowest BCUT2D eigenvalue weighted by Gasteiger charge is -2.19. The van der Waals surface area contributed by atoms with Gasteiger partial charge in [-0.15, -0.1) is 0 Å². The highest BCUT2D eigenvalue weighted by molar-refractivity contribution is 9.10. The quantitative estimate of drug-likeness (QED) is 0.748. The Morgan fingerprint density at radius 2 is 1.86 bits per heavy atom. The molecule has 0 aromatic heterocycles. The average molecular weight is 347 g/mol. The molecule has 21 heavy (non-hydrogen) atoms. The SMILES string of the molecule is Cc1ccc(CNCCCN(C)c2ccccc2)cc1Br. The van der Waals surface area contributed by atoms with Gasteiger partial charge in [-0.1, -0.05) is 46.3 Å². The number of nitrogens with zero attached hydrogens (tertiary/aromatic N) is 1. The molecule has 0 fully saturated rings. The van der Waals surface area contributed by atoms with E-state index in [-0.39, 0.29) is 0 Å². The molecule has 2 aromatic rings. The number of anilines is 1. The summed E-state index contributed by atoms with van der Waals surface area (Å²) in [4.78, 5) is 2.30. The molecule has 0 bridgehead atoms. The Labute approximate surface area is 136 Å². The fraction of sp³-hybridized carbons (Fsp3) is 0.333. The van der Waals surface area contributed by atoms with E-state index in [1.54, 1.807) is 0 Å².